The summed E-state index contributed by atoms with van der Waals surface area (Å²) in [5.41, 5.74) is 6.82. The molecule has 66 valence electrons. The van der Waals surface area contributed by atoms with Gasteiger partial charge in [0.2, 0.25) is 0 Å². The van der Waals surface area contributed by atoms with E-state index in [1.807, 2.05) is 0 Å². The predicted molar refractivity (Wildman–Crippen MR) is 51.1 cm³/mol. The molecule has 3 nitrogen and oxygen atoms in total. The van der Waals surface area contributed by atoms with Crippen LogP contribution in [0.3, 0.4) is 0 Å². The maximum absolute atomic E-state index is 5.64. The van der Waals surface area contributed by atoms with Crippen LogP contribution in [-0.2, 0) is 4.74 Å². The standard InChI is InChI=1S/C8H12N2OS/c1-8-5-11-3-2-6(8)4-12-7(9)10-8/h4H,2-3,5H2,1H3,(H2,9,10). The van der Waals surface area contributed by atoms with Crippen LogP contribution in [0.5, 0.6) is 0 Å². The first kappa shape index (κ1) is 8.13. The van der Waals surface area contributed by atoms with Gasteiger partial charge in [0.05, 0.1) is 13.2 Å². The average Bonchev–Trinajstić information content (AvgIpc) is 2.02. The Morgan fingerprint density at radius 1 is 1.75 bits per heavy atom. The van der Waals surface area contributed by atoms with Gasteiger partial charge in [0, 0.05) is 0 Å². The minimum Gasteiger partial charge on any atom is -0.378 e. The summed E-state index contributed by atoms with van der Waals surface area (Å²) in [5, 5.41) is 2.76. The molecular weight excluding hydrogens is 172 g/mol. The number of aliphatic imine (C=N–C) groups is 1. The lowest BCUT2D eigenvalue weighted by atomic mass is 9.90. The quantitative estimate of drug-likeness (QED) is 0.613. The van der Waals surface area contributed by atoms with E-state index in [4.69, 9.17) is 10.5 Å². The van der Waals surface area contributed by atoms with E-state index in [0.29, 0.717) is 11.8 Å². The van der Waals surface area contributed by atoms with Gasteiger partial charge in [0.25, 0.3) is 0 Å². The van der Waals surface area contributed by atoms with Gasteiger partial charge in [0.1, 0.15) is 5.54 Å². The zero-order valence-electron chi connectivity index (χ0n) is 7.04. The number of thioether (sulfide) groups is 1. The van der Waals surface area contributed by atoms with Crippen molar-refractivity contribution < 1.29 is 4.74 Å². The number of fused-ring (bicyclic) bond motifs is 1. The van der Waals surface area contributed by atoms with Gasteiger partial charge in [-0.1, -0.05) is 11.8 Å². The van der Waals surface area contributed by atoms with Crippen LogP contribution >= 0.6 is 11.8 Å². The molecule has 0 saturated carbocycles. The van der Waals surface area contributed by atoms with E-state index in [1.165, 1.54) is 17.3 Å². The largest absolute Gasteiger partial charge is 0.378 e. The summed E-state index contributed by atoms with van der Waals surface area (Å²) >= 11 is 1.51. The second kappa shape index (κ2) is 2.78. The van der Waals surface area contributed by atoms with Crippen molar-refractivity contribution in [2.75, 3.05) is 13.2 Å². The minimum absolute atomic E-state index is 0.173. The number of ether oxygens (including phenoxy) is 1. The summed E-state index contributed by atoms with van der Waals surface area (Å²) in [6, 6.07) is 0. The molecule has 0 aromatic heterocycles. The summed E-state index contributed by atoms with van der Waals surface area (Å²) < 4.78 is 5.38. The molecule has 0 bridgehead atoms. The summed E-state index contributed by atoms with van der Waals surface area (Å²) in [6.07, 6.45) is 0.986. The number of rotatable bonds is 0. The highest BCUT2D eigenvalue weighted by molar-refractivity contribution is 8.16. The Balaban J connectivity index is 2.29. The summed E-state index contributed by atoms with van der Waals surface area (Å²) in [4.78, 5) is 4.40. The van der Waals surface area contributed by atoms with Crippen molar-refractivity contribution in [2.45, 2.75) is 18.9 Å². The van der Waals surface area contributed by atoms with E-state index in [0.717, 1.165) is 13.0 Å². The minimum atomic E-state index is -0.173. The Kier molecular flexibility index (Phi) is 1.88. The molecule has 12 heavy (non-hydrogen) atoms. The Labute approximate surface area is 76.1 Å². The van der Waals surface area contributed by atoms with E-state index in [2.05, 4.69) is 17.3 Å². The summed E-state index contributed by atoms with van der Waals surface area (Å²) in [5.74, 6) is 0. The first-order valence-corrected chi connectivity index (χ1v) is 4.88. The van der Waals surface area contributed by atoms with Crippen LogP contribution in [0.25, 0.3) is 0 Å². The molecule has 0 aromatic carbocycles. The van der Waals surface area contributed by atoms with E-state index < -0.39 is 0 Å². The van der Waals surface area contributed by atoms with Crippen LogP contribution in [0, 0.1) is 0 Å². The molecule has 2 N–H and O–H groups in total. The van der Waals surface area contributed by atoms with Gasteiger partial charge in [-0.15, -0.1) is 0 Å². The lowest BCUT2D eigenvalue weighted by Gasteiger charge is -2.34. The van der Waals surface area contributed by atoms with E-state index in [9.17, 15) is 0 Å². The van der Waals surface area contributed by atoms with Crippen LogP contribution in [0.1, 0.15) is 13.3 Å². The second-order valence-electron chi connectivity index (χ2n) is 3.29. The number of hydrogen-bond acceptors (Lipinski definition) is 4. The molecule has 0 radical (unpaired) electrons. The van der Waals surface area contributed by atoms with Crippen molar-refractivity contribution in [3.05, 3.63) is 11.0 Å². The highest BCUT2D eigenvalue weighted by atomic mass is 32.2. The molecule has 2 heterocycles. The Bertz CT molecular complexity index is 262. The topological polar surface area (TPSA) is 47.6 Å². The van der Waals surface area contributed by atoms with Gasteiger partial charge in [-0.2, -0.15) is 0 Å². The predicted octanol–water partition coefficient (Wildman–Crippen LogP) is 1.11. The van der Waals surface area contributed by atoms with Gasteiger partial charge >= 0.3 is 0 Å². The number of amidine groups is 1. The molecule has 1 saturated heterocycles. The Morgan fingerprint density at radius 3 is 3.42 bits per heavy atom. The lowest BCUT2D eigenvalue weighted by molar-refractivity contribution is 0.0774. The van der Waals surface area contributed by atoms with Crippen LogP contribution in [0.15, 0.2) is 16.0 Å². The van der Waals surface area contributed by atoms with Gasteiger partial charge in [-0.3, -0.25) is 0 Å². The Morgan fingerprint density at radius 2 is 2.58 bits per heavy atom. The van der Waals surface area contributed by atoms with Crippen LogP contribution in [0.2, 0.25) is 0 Å². The van der Waals surface area contributed by atoms with E-state index in [-0.39, 0.29) is 5.54 Å². The molecular formula is C8H12N2OS. The van der Waals surface area contributed by atoms with Gasteiger partial charge in [-0.05, 0) is 24.3 Å². The van der Waals surface area contributed by atoms with Crippen LogP contribution in [0.4, 0.5) is 0 Å². The van der Waals surface area contributed by atoms with Gasteiger partial charge in [0.15, 0.2) is 5.17 Å². The van der Waals surface area contributed by atoms with Crippen molar-refractivity contribution in [2.24, 2.45) is 10.7 Å². The SMILES string of the molecule is CC12COCCC1=CSC(N)=N2. The van der Waals surface area contributed by atoms with Crippen molar-refractivity contribution in [1.82, 2.24) is 0 Å². The van der Waals surface area contributed by atoms with E-state index in [1.54, 1.807) is 0 Å². The molecule has 4 heteroatoms. The zero-order valence-corrected chi connectivity index (χ0v) is 7.86. The third-order valence-corrected chi connectivity index (χ3v) is 3.00. The fourth-order valence-corrected chi connectivity index (χ4v) is 2.39. The highest BCUT2D eigenvalue weighted by Crippen LogP contribution is 2.34. The average molecular weight is 184 g/mol. The molecule has 0 aliphatic carbocycles. The summed E-state index contributed by atoms with van der Waals surface area (Å²) in [7, 11) is 0. The van der Waals surface area contributed by atoms with Crippen LogP contribution < -0.4 is 5.73 Å². The van der Waals surface area contributed by atoms with Crippen molar-refractivity contribution in [3.8, 4) is 0 Å². The molecule has 2 aliphatic rings. The lowest BCUT2D eigenvalue weighted by Crippen LogP contribution is -2.39. The Hall–Kier alpha value is -0.480. The maximum atomic E-state index is 5.64. The second-order valence-corrected chi connectivity index (χ2v) is 4.18. The first-order valence-electron chi connectivity index (χ1n) is 4.00. The summed E-state index contributed by atoms with van der Waals surface area (Å²) in [6.45, 7) is 3.56. The monoisotopic (exact) mass is 184 g/mol. The van der Waals surface area contributed by atoms with E-state index >= 15 is 0 Å². The molecule has 0 aromatic rings. The first-order chi connectivity index (χ1) is 5.71. The number of nitrogens with zero attached hydrogens (tertiary/aromatic N) is 1. The molecule has 1 atom stereocenters. The normalized spacial score (nSPS) is 35.1. The maximum Gasteiger partial charge on any atom is 0.159 e. The van der Waals surface area contributed by atoms with Gasteiger partial charge in [-0.25, -0.2) is 4.99 Å². The zero-order chi connectivity index (χ0) is 8.60. The smallest absolute Gasteiger partial charge is 0.159 e. The van der Waals surface area contributed by atoms with Gasteiger partial charge < -0.3 is 10.5 Å². The third-order valence-electron chi connectivity index (χ3n) is 2.27. The van der Waals surface area contributed by atoms with Crippen molar-refractivity contribution >= 4 is 16.9 Å². The molecule has 1 fully saturated rings. The number of hydrogen-bond donors (Lipinski definition) is 1. The fourth-order valence-electron chi connectivity index (χ4n) is 1.51. The number of nitrogens with two attached hydrogens (primary N) is 1. The van der Waals surface area contributed by atoms with Crippen molar-refractivity contribution in [3.63, 3.8) is 0 Å². The van der Waals surface area contributed by atoms with Crippen LogP contribution in [-0.4, -0.2) is 23.9 Å². The molecule has 0 spiro atoms. The molecule has 2 aliphatic heterocycles. The molecule has 2 rings (SSSR count). The fraction of sp³-hybridized carbons (Fsp3) is 0.625. The highest BCUT2D eigenvalue weighted by Gasteiger charge is 2.34. The van der Waals surface area contributed by atoms with Crippen molar-refractivity contribution in [1.29, 1.82) is 0 Å². The molecule has 0 amide bonds. The molecule has 1 unspecified atom stereocenters. The third kappa shape index (κ3) is 1.25.